The van der Waals surface area contributed by atoms with Gasteiger partial charge in [-0.15, -0.1) is 0 Å². The summed E-state index contributed by atoms with van der Waals surface area (Å²) >= 11 is 0. The first kappa shape index (κ1) is 14.5. The Balaban J connectivity index is 1.56. The molecule has 3 rings (SSSR count). The average Bonchev–Trinajstić information content (AvgIpc) is 2.89. The summed E-state index contributed by atoms with van der Waals surface area (Å²) in [6.07, 6.45) is 5.57. The number of sulfonamides is 1. The molecular weight excluding hydrogens is 290 g/mol. The molecule has 1 aromatic heterocycles. The third kappa shape index (κ3) is 3.08. The van der Waals surface area contributed by atoms with Crippen molar-refractivity contribution in [3.63, 3.8) is 0 Å². The zero-order chi connectivity index (χ0) is 14.9. The summed E-state index contributed by atoms with van der Waals surface area (Å²) in [7, 11) is -3.32. The van der Waals surface area contributed by atoms with Crippen LogP contribution in [0.5, 0.6) is 0 Å². The largest absolute Gasteiger partial charge is 0.334 e. The van der Waals surface area contributed by atoms with Crippen molar-refractivity contribution in [2.45, 2.75) is 37.0 Å². The Hall–Kier alpha value is -1.47. The van der Waals surface area contributed by atoms with Crippen LogP contribution in [0.3, 0.4) is 0 Å². The third-order valence-electron chi connectivity index (χ3n) is 4.14. The molecule has 0 bridgehead atoms. The second-order valence-corrected chi connectivity index (χ2v) is 7.68. The van der Waals surface area contributed by atoms with Crippen molar-refractivity contribution >= 4 is 15.9 Å². The highest BCUT2D eigenvalue weighted by Gasteiger charge is 2.41. The lowest BCUT2D eigenvalue weighted by molar-refractivity contribution is 0.0652. The van der Waals surface area contributed by atoms with Crippen molar-refractivity contribution in [1.82, 2.24) is 14.6 Å². The first-order chi connectivity index (χ1) is 10.1. The van der Waals surface area contributed by atoms with Gasteiger partial charge in [0.15, 0.2) is 0 Å². The van der Waals surface area contributed by atoms with Gasteiger partial charge in [0.25, 0.3) is 5.91 Å². The molecule has 1 aliphatic carbocycles. The van der Waals surface area contributed by atoms with E-state index in [1.54, 1.807) is 24.4 Å². The lowest BCUT2D eigenvalue weighted by atomic mass is 10.2. The van der Waals surface area contributed by atoms with Crippen LogP contribution in [0.15, 0.2) is 24.4 Å². The van der Waals surface area contributed by atoms with E-state index < -0.39 is 15.3 Å². The van der Waals surface area contributed by atoms with Gasteiger partial charge in [0.2, 0.25) is 10.0 Å². The molecule has 1 amide bonds. The highest BCUT2D eigenvalue weighted by atomic mass is 32.2. The van der Waals surface area contributed by atoms with Crippen LogP contribution in [-0.4, -0.2) is 48.6 Å². The predicted molar refractivity (Wildman–Crippen MR) is 78.2 cm³/mol. The molecule has 0 atom stereocenters. The summed E-state index contributed by atoms with van der Waals surface area (Å²) < 4.78 is 27.2. The van der Waals surface area contributed by atoms with Gasteiger partial charge in [-0.25, -0.2) is 13.1 Å². The summed E-state index contributed by atoms with van der Waals surface area (Å²) in [4.78, 5) is 17.6. The van der Waals surface area contributed by atoms with E-state index in [0.29, 0.717) is 5.69 Å². The molecule has 1 saturated heterocycles. The Labute approximate surface area is 124 Å². The standard InChI is InChI=1S/C14H19N3O3S/c18-14(13-7-3-4-8-15-13)17-9-12(10-17)21(19,20)16-11-5-1-2-6-11/h3-4,7-8,11-12,16H,1-2,5-6,9-10H2. The fraction of sp³-hybridized carbons (Fsp3) is 0.571. The van der Waals surface area contributed by atoms with Gasteiger partial charge in [-0.2, -0.15) is 0 Å². The highest BCUT2D eigenvalue weighted by molar-refractivity contribution is 7.90. The Morgan fingerprint density at radius 1 is 1.24 bits per heavy atom. The quantitative estimate of drug-likeness (QED) is 0.891. The zero-order valence-electron chi connectivity index (χ0n) is 11.7. The van der Waals surface area contributed by atoms with E-state index in [-0.39, 0.29) is 25.0 Å². The number of nitrogens with one attached hydrogen (secondary N) is 1. The van der Waals surface area contributed by atoms with Crippen molar-refractivity contribution in [2.24, 2.45) is 0 Å². The van der Waals surface area contributed by atoms with Crippen LogP contribution >= 0.6 is 0 Å². The van der Waals surface area contributed by atoms with Gasteiger partial charge in [-0.3, -0.25) is 9.78 Å². The van der Waals surface area contributed by atoms with Crippen molar-refractivity contribution in [3.05, 3.63) is 30.1 Å². The Kier molecular flexibility index (Phi) is 3.95. The normalized spacial score (nSPS) is 20.5. The second-order valence-electron chi connectivity index (χ2n) is 5.69. The minimum absolute atomic E-state index is 0.0792. The minimum Gasteiger partial charge on any atom is -0.334 e. The number of aromatic nitrogens is 1. The molecule has 21 heavy (non-hydrogen) atoms. The van der Waals surface area contributed by atoms with E-state index in [2.05, 4.69) is 9.71 Å². The zero-order valence-corrected chi connectivity index (χ0v) is 12.6. The molecule has 6 nitrogen and oxygen atoms in total. The fourth-order valence-corrected chi connectivity index (χ4v) is 4.47. The van der Waals surface area contributed by atoms with Crippen molar-refractivity contribution in [1.29, 1.82) is 0 Å². The maximum atomic E-state index is 12.2. The minimum atomic E-state index is -3.32. The number of rotatable bonds is 4. The SMILES string of the molecule is O=C(c1ccccn1)N1CC(S(=O)(=O)NC2CCCC2)C1. The van der Waals surface area contributed by atoms with Crippen molar-refractivity contribution in [2.75, 3.05) is 13.1 Å². The van der Waals surface area contributed by atoms with E-state index in [9.17, 15) is 13.2 Å². The smallest absolute Gasteiger partial charge is 0.272 e. The molecule has 2 heterocycles. The van der Waals surface area contributed by atoms with Crippen LogP contribution in [0.4, 0.5) is 0 Å². The van der Waals surface area contributed by atoms with Crippen molar-refractivity contribution < 1.29 is 13.2 Å². The summed E-state index contributed by atoms with van der Waals surface area (Å²) in [6, 6.07) is 5.21. The lowest BCUT2D eigenvalue weighted by Crippen LogP contribution is -2.60. The third-order valence-corrected chi connectivity index (χ3v) is 5.98. The number of amides is 1. The van der Waals surface area contributed by atoms with Gasteiger partial charge in [0.1, 0.15) is 10.9 Å². The Bertz CT molecular complexity index is 606. The maximum absolute atomic E-state index is 12.2. The van der Waals surface area contributed by atoms with Crippen LogP contribution < -0.4 is 4.72 Å². The first-order valence-corrected chi connectivity index (χ1v) is 8.82. The Morgan fingerprint density at radius 3 is 2.57 bits per heavy atom. The summed E-state index contributed by atoms with van der Waals surface area (Å²) in [5, 5.41) is -0.495. The predicted octanol–water partition coefficient (Wildman–Crippen LogP) is 0.768. The number of hydrogen-bond donors (Lipinski definition) is 1. The summed E-state index contributed by atoms with van der Waals surface area (Å²) in [5.74, 6) is -0.206. The maximum Gasteiger partial charge on any atom is 0.272 e. The van der Waals surface area contributed by atoms with Gasteiger partial charge >= 0.3 is 0 Å². The fourth-order valence-electron chi connectivity index (χ4n) is 2.82. The first-order valence-electron chi connectivity index (χ1n) is 7.28. The van der Waals surface area contributed by atoms with Gasteiger partial charge in [0, 0.05) is 25.3 Å². The molecule has 1 saturated carbocycles. The molecule has 0 radical (unpaired) electrons. The average molecular weight is 309 g/mol. The van der Waals surface area contributed by atoms with Crippen LogP contribution in [0, 0.1) is 0 Å². The van der Waals surface area contributed by atoms with Crippen LogP contribution in [0.2, 0.25) is 0 Å². The molecule has 0 aromatic carbocycles. The molecular formula is C14H19N3O3S. The number of pyridine rings is 1. The summed E-state index contributed by atoms with van der Waals surface area (Å²) in [5.41, 5.74) is 0.358. The van der Waals surface area contributed by atoms with Crippen molar-refractivity contribution in [3.8, 4) is 0 Å². The van der Waals surface area contributed by atoms with Crippen LogP contribution in [-0.2, 0) is 10.0 Å². The number of carbonyl (C=O) groups is 1. The van der Waals surface area contributed by atoms with E-state index in [1.165, 1.54) is 4.90 Å². The van der Waals surface area contributed by atoms with E-state index >= 15 is 0 Å². The molecule has 1 aromatic rings. The highest BCUT2D eigenvalue weighted by Crippen LogP contribution is 2.22. The van der Waals surface area contributed by atoms with Gasteiger partial charge in [0.05, 0.1) is 0 Å². The van der Waals surface area contributed by atoms with Gasteiger partial charge < -0.3 is 4.90 Å². The topological polar surface area (TPSA) is 79.4 Å². The molecule has 2 aliphatic rings. The number of nitrogens with zero attached hydrogens (tertiary/aromatic N) is 2. The molecule has 0 spiro atoms. The van der Waals surface area contributed by atoms with Crippen LogP contribution in [0.1, 0.15) is 36.2 Å². The summed E-state index contributed by atoms with van der Waals surface area (Å²) in [6.45, 7) is 0.495. The molecule has 2 fully saturated rings. The molecule has 0 unspecified atom stereocenters. The number of carbonyl (C=O) groups excluding carboxylic acids is 1. The molecule has 1 N–H and O–H groups in total. The van der Waals surface area contributed by atoms with Gasteiger partial charge in [-0.1, -0.05) is 18.9 Å². The van der Waals surface area contributed by atoms with Gasteiger partial charge in [-0.05, 0) is 25.0 Å². The van der Waals surface area contributed by atoms with E-state index in [4.69, 9.17) is 0 Å². The number of hydrogen-bond acceptors (Lipinski definition) is 4. The molecule has 1 aliphatic heterocycles. The molecule has 7 heteroatoms. The second kappa shape index (κ2) is 5.73. The lowest BCUT2D eigenvalue weighted by Gasteiger charge is -2.38. The van der Waals surface area contributed by atoms with E-state index in [0.717, 1.165) is 25.7 Å². The number of likely N-dealkylation sites (tertiary alicyclic amines) is 1. The Morgan fingerprint density at radius 2 is 1.95 bits per heavy atom. The van der Waals surface area contributed by atoms with E-state index in [1.807, 2.05) is 0 Å². The monoisotopic (exact) mass is 309 g/mol. The molecule has 114 valence electrons. The van der Waals surface area contributed by atoms with Crippen LogP contribution in [0.25, 0.3) is 0 Å².